The first-order chi connectivity index (χ1) is 9.74. The lowest BCUT2D eigenvalue weighted by molar-refractivity contribution is 0.617. The second-order valence-electron chi connectivity index (χ2n) is 5.42. The van der Waals surface area contributed by atoms with E-state index in [9.17, 15) is 4.39 Å². The number of fused-ring (bicyclic) bond motifs is 1. The summed E-state index contributed by atoms with van der Waals surface area (Å²) in [6.45, 7) is 2.06. The summed E-state index contributed by atoms with van der Waals surface area (Å²) in [4.78, 5) is 4.15. The minimum Gasteiger partial charge on any atom is -0.377 e. The van der Waals surface area contributed by atoms with Crippen LogP contribution in [0.4, 0.5) is 10.1 Å². The quantitative estimate of drug-likeness (QED) is 0.900. The Bertz CT molecular complexity index is 592. The molecule has 1 N–H and O–H groups in total. The number of aromatic nitrogens is 1. The molecule has 20 heavy (non-hydrogen) atoms. The fourth-order valence-corrected chi connectivity index (χ4v) is 2.87. The molecule has 0 fully saturated rings. The Labute approximate surface area is 119 Å². The molecule has 1 aliphatic carbocycles. The van der Waals surface area contributed by atoms with Crippen molar-refractivity contribution in [3.05, 3.63) is 59.2 Å². The van der Waals surface area contributed by atoms with Crippen molar-refractivity contribution in [3.8, 4) is 0 Å². The number of rotatable bonds is 3. The molecule has 1 aromatic heterocycles. The van der Waals surface area contributed by atoms with Gasteiger partial charge in [0.15, 0.2) is 0 Å². The van der Waals surface area contributed by atoms with Gasteiger partial charge in [-0.05, 0) is 61.9 Å². The van der Waals surface area contributed by atoms with E-state index in [0.717, 1.165) is 12.1 Å². The van der Waals surface area contributed by atoms with E-state index in [0.29, 0.717) is 0 Å². The van der Waals surface area contributed by atoms with E-state index < -0.39 is 0 Å². The van der Waals surface area contributed by atoms with Gasteiger partial charge in [-0.3, -0.25) is 4.98 Å². The largest absolute Gasteiger partial charge is 0.377 e. The molecule has 104 valence electrons. The fraction of sp³-hybridized carbons (Fsp3) is 0.353. The molecule has 0 spiro atoms. The highest BCUT2D eigenvalue weighted by Gasteiger charge is 2.15. The summed E-state index contributed by atoms with van der Waals surface area (Å²) in [7, 11) is 0. The zero-order valence-electron chi connectivity index (χ0n) is 11.7. The Morgan fingerprint density at radius 2 is 2.00 bits per heavy atom. The molecule has 1 aliphatic rings. The molecular weight excluding hydrogens is 251 g/mol. The maximum Gasteiger partial charge on any atom is 0.141 e. The van der Waals surface area contributed by atoms with E-state index in [1.807, 2.05) is 0 Å². The average Bonchev–Trinajstić information content (AvgIpc) is 2.48. The molecule has 2 nitrogen and oxygen atoms in total. The maximum absolute atomic E-state index is 12.9. The minimum absolute atomic E-state index is 0.0732. The van der Waals surface area contributed by atoms with Crippen molar-refractivity contribution >= 4 is 5.69 Å². The van der Waals surface area contributed by atoms with Crippen molar-refractivity contribution < 1.29 is 4.39 Å². The fourth-order valence-electron chi connectivity index (χ4n) is 2.87. The zero-order valence-corrected chi connectivity index (χ0v) is 11.7. The molecule has 0 amide bonds. The van der Waals surface area contributed by atoms with Crippen LogP contribution in [0.5, 0.6) is 0 Å². The van der Waals surface area contributed by atoms with Gasteiger partial charge in [0, 0.05) is 5.69 Å². The molecule has 0 saturated carbocycles. The number of hydrogen-bond acceptors (Lipinski definition) is 2. The molecule has 3 rings (SSSR count). The summed E-state index contributed by atoms with van der Waals surface area (Å²) in [5, 5.41) is 3.52. The zero-order chi connectivity index (χ0) is 13.9. The van der Waals surface area contributed by atoms with E-state index in [-0.39, 0.29) is 11.9 Å². The predicted molar refractivity (Wildman–Crippen MR) is 79.3 cm³/mol. The van der Waals surface area contributed by atoms with Crippen molar-refractivity contribution in [1.82, 2.24) is 4.98 Å². The molecule has 1 heterocycles. The molecule has 1 atom stereocenters. The van der Waals surface area contributed by atoms with Gasteiger partial charge >= 0.3 is 0 Å². The summed E-state index contributed by atoms with van der Waals surface area (Å²) >= 11 is 0. The second-order valence-corrected chi connectivity index (χ2v) is 5.42. The summed E-state index contributed by atoms with van der Waals surface area (Å²) < 4.78 is 12.9. The highest BCUT2D eigenvalue weighted by Crippen LogP contribution is 2.30. The standard InChI is InChI=1S/C17H19FN2/c1-12(16-10-9-14(18)11-19-16)20-17-8-4-6-13-5-2-3-7-15(13)17/h4,6,8-12,20H,2-3,5,7H2,1H3. The SMILES string of the molecule is CC(Nc1cccc2c1CCCC2)c1ccc(F)cn1. The first-order valence-corrected chi connectivity index (χ1v) is 7.23. The predicted octanol–water partition coefficient (Wildman–Crippen LogP) is 4.27. The van der Waals surface area contributed by atoms with Gasteiger partial charge in [-0.2, -0.15) is 0 Å². The van der Waals surface area contributed by atoms with Crippen LogP contribution < -0.4 is 5.32 Å². The van der Waals surface area contributed by atoms with Gasteiger partial charge in [0.1, 0.15) is 5.82 Å². The average molecular weight is 270 g/mol. The third-order valence-corrected chi connectivity index (χ3v) is 3.96. The monoisotopic (exact) mass is 270 g/mol. The molecule has 0 radical (unpaired) electrons. The molecular formula is C17H19FN2. The normalized spacial score (nSPS) is 15.5. The highest BCUT2D eigenvalue weighted by molar-refractivity contribution is 5.56. The lowest BCUT2D eigenvalue weighted by atomic mass is 9.90. The van der Waals surface area contributed by atoms with Gasteiger partial charge in [0.25, 0.3) is 0 Å². The van der Waals surface area contributed by atoms with Gasteiger partial charge in [-0.25, -0.2) is 4.39 Å². The first kappa shape index (κ1) is 13.1. The molecule has 3 heteroatoms. The van der Waals surface area contributed by atoms with Crippen LogP contribution in [0.3, 0.4) is 0 Å². The van der Waals surface area contributed by atoms with Gasteiger partial charge in [0.2, 0.25) is 0 Å². The van der Waals surface area contributed by atoms with Crippen molar-refractivity contribution in [2.24, 2.45) is 0 Å². The number of pyridine rings is 1. The van der Waals surface area contributed by atoms with E-state index in [1.54, 1.807) is 6.07 Å². The van der Waals surface area contributed by atoms with Crippen molar-refractivity contribution in [2.75, 3.05) is 5.32 Å². The van der Waals surface area contributed by atoms with Crippen LogP contribution in [0.25, 0.3) is 0 Å². The Morgan fingerprint density at radius 3 is 2.80 bits per heavy atom. The summed E-state index contributed by atoms with van der Waals surface area (Å²) in [6, 6.07) is 9.73. The lowest BCUT2D eigenvalue weighted by Crippen LogP contribution is -2.12. The minimum atomic E-state index is -0.293. The first-order valence-electron chi connectivity index (χ1n) is 7.23. The second kappa shape index (κ2) is 5.61. The topological polar surface area (TPSA) is 24.9 Å². The van der Waals surface area contributed by atoms with E-state index in [4.69, 9.17) is 0 Å². The number of aryl methyl sites for hydroxylation is 1. The lowest BCUT2D eigenvalue weighted by Gasteiger charge is -2.22. The van der Waals surface area contributed by atoms with Gasteiger partial charge < -0.3 is 5.32 Å². The highest BCUT2D eigenvalue weighted by atomic mass is 19.1. The van der Waals surface area contributed by atoms with Gasteiger partial charge in [0.05, 0.1) is 17.9 Å². The molecule has 0 saturated heterocycles. The van der Waals surface area contributed by atoms with Crippen LogP contribution in [-0.2, 0) is 12.8 Å². The Kier molecular flexibility index (Phi) is 3.68. The van der Waals surface area contributed by atoms with Crippen LogP contribution >= 0.6 is 0 Å². The number of halogens is 1. The van der Waals surface area contributed by atoms with Crippen LogP contribution in [0.2, 0.25) is 0 Å². The van der Waals surface area contributed by atoms with Crippen LogP contribution in [-0.4, -0.2) is 4.98 Å². The number of anilines is 1. The summed E-state index contributed by atoms with van der Waals surface area (Å²) in [6.07, 6.45) is 6.13. The molecule has 1 aromatic carbocycles. The summed E-state index contributed by atoms with van der Waals surface area (Å²) in [5.74, 6) is -0.293. The van der Waals surface area contributed by atoms with E-state index in [1.165, 1.54) is 48.3 Å². The van der Waals surface area contributed by atoms with Crippen molar-refractivity contribution in [1.29, 1.82) is 0 Å². The Balaban J connectivity index is 1.82. The van der Waals surface area contributed by atoms with Crippen molar-refractivity contribution in [3.63, 3.8) is 0 Å². The Hall–Kier alpha value is -1.90. The molecule has 0 bridgehead atoms. The van der Waals surface area contributed by atoms with Gasteiger partial charge in [-0.15, -0.1) is 0 Å². The molecule has 0 aliphatic heterocycles. The number of nitrogens with one attached hydrogen (secondary N) is 1. The molecule has 2 aromatic rings. The van der Waals surface area contributed by atoms with Gasteiger partial charge in [-0.1, -0.05) is 12.1 Å². The van der Waals surface area contributed by atoms with Crippen LogP contribution in [0, 0.1) is 5.82 Å². The Morgan fingerprint density at radius 1 is 1.15 bits per heavy atom. The molecule has 1 unspecified atom stereocenters. The smallest absolute Gasteiger partial charge is 0.141 e. The van der Waals surface area contributed by atoms with Crippen molar-refractivity contribution in [2.45, 2.75) is 38.6 Å². The van der Waals surface area contributed by atoms with Crippen LogP contribution in [0.1, 0.15) is 42.6 Å². The number of nitrogens with zero attached hydrogens (tertiary/aromatic N) is 1. The number of benzene rings is 1. The van der Waals surface area contributed by atoms with E-state index in [2.05, 4.69) is 35.4 Å². The third-order valence-electron chi connectivity index (χ3n) is 3.96. The van der Waals surface area contributed by atoms with E-state index >= 15 is 0 Å². The third kappa shape index (κ3) is 2.67. The maximum atomic E-state index is 12.9. The summed E-state index contributed by atoms with van der Waals surface area (Å²) in [5.41, 5.74) is 4.95. The van der Waals surface area contributed by atoms with Crippen LogP contribution in [0.15, 0.2) is 36.5 Å². The number of hydrogen-bond donors (Lipinski definition) is 1.